The summed E-state index contributed by atoms with van der Waals surface area (Å²) in [6.45, 7) is 5.77. The highest BCUT2D eigenvalue weighted by atomic mass is 32.1. The van der Waals surface area contributed by atoms with Crippen LogP contribution in [0.15, 0.2) is 31.0 Å². The van der Waals surface area contributed by atoms with Gasteiger partial charge < -0.3 is 25.6 Å². The number of hydrogen-bond acceptors (Lipinski definition) is 10. The number of carbonyl (C=O) groups is 1. The maximum absolute atomic E-state index is 16.1. The minimum atomic E-state index is -0.711. The second-order valence-corrected chi connectivity index (χ2v) is 10.8. The molecule has 5 heterocycles. The van der Waals surface area contributed by atoms with E-state index in [-0.39, 0.29) is 50.6 Å². The van der Waals surface area contributed by atoms with Crippen molar-refractivity contribution in [2.24, 2.45) is 0 Å². The lowest BCUT2D eigenvalue weighted by Gasteiger charge is -2.39. The number of carbonyl (C=O) groups excluding carboxylic acids is 1. The zero-order valence-electron chi connectivity index (χ0n) is 21.2. The van der Waals surface area contributed by atoms with Crippen molar-refractivity contribution in [1.29, 1.82) is 0 Å². The number of likely N-dealkylation sites (tertiary alicyclic amines) is 2. The van der Waals surface area contributed by atoms with Crippen molar-refractivity contribution in [2.75, 3.05) is 44.3 Å². The van der Waals surface area contributed by atoms with Gasteiger partial charge in [0, 0.05) is 30.9 Å². The van der Waals surface area contributed by atoms with Gasteiger partial charge in [-0.1, -0.05) is 17.9 Å². The fourth-order valence-electron chi connectivity index (χ4n) is 5.01. The molecule has 2 aliphatic rings. The summed E-state index contributed by atoms with van der Waals surface area (Å²) in [4.78, 5) is 33.2. The van der Waals surface area contributed by atoms with Gasteiger partial charge in [-0.05, 0) is 44.6 Å². The summed E-state index contributed by atoms with van der Waals surface area (Å²) in [5.41, 5.74) is 6.33. The molecule has 4 aromatic rings. The number of nitrogen functional groups attached to an aromatic ring is 1. The van der Waals surface area contributed by atoms with Crippen LogP contribution in [-0.4, -0.2) is 81.0 Å². The van der Waals surface area contributed by atoms with Crippen LogP contribution < -0.4 is 15.8 Å². The molecule has 0 unspecified atom stereocenters. The molecule has 39 heavy (non-hydrogen) atoms. The smallest absolute Gasteiger partial charge is 0.319 e. The Bertz CT molecular complexity index is 1610. The number of rotatable bonds is 7. The molecular formula is C26H26F2N8O2S. The second-order valence-electron chi connectivity index (χ2n) is 9.74. The van der Waals surface area contributed by atoms with E-state index in [0.29, 0.717) is 36.5 Å². The van der Waals surface area contributed by atoms with Crippen molar-refractivity contribution in [3.05, 3.63) is 42.6 Å². The number of nitrogens with one attached hydrogen (secondary N) is 1. The van der Waals surface area contributed by atoms with Crippen LogP contribution in [0.25, 0.3) is 32.4 Å². The monoisotopic (exact) mass is 552 g/mol. The largest absolute Gasteiger partial charge is 0.462 e. The average Bonchev–Trinajstić information content (AvgIpc) is 3.50. The first-order chi connectivity index (χ1) is 18.8. The van der Waals surface area contributed by atoms with Crippen molar-refractivity contribution in [3.63, 3.8) is 0 Å². The van der Waals surface area contributed by atoms with Crippen LogP contribution in [0.3, 0.4) is 0 Å². The number of ether oxygens (including phenoxy) is 1. The molecule has 3 N–H and O–H groups in total. The lowest BCUT2D eigenvalue weighted by atomic mass is 10.1. The predicted molar refractivity (Wildman–Crippen MR) is 146 cm³/mol. The quantitative estimate of drug-likeness (QED) is 0.332. The number of anilines is 2. The number of halogens is 2. The number of nitrogens with zero attached hydrogens (tertiary/aromatic N) is 6. The minimum absolute atomic E-state index is 0.00583. The van der Waals surface area contributed by atoms with Gasteiger partial charge in [-0.3, -0.25) is 9.78 Å². The Morgan fingerprint density at radius 1 is 1.28 bits per heavy atom. The number of hydrogen-bond donors (Lipinski definition) is 2. The predicted octanol–water partition coefficient (Wildman–Crippen LogP) is 3.44. The lowest BCUT2D eigenvalue weighted by molar-refractivity contribution is -0.129. The van der Waals surface area contributed by atoms with Crippen LogP contribution in [-0.2, 0) is 4.79 Å². The van der Waals surface area contributed by atoms with Crippen molar-refractivity contribution in [1.82, 2.24) is 29.7 Å². The zero-order chi connectivity index (χ0) is 27.3. The highest BCUT2D eigenvalue weighted by Crippen LogP contribution is 2.37. The van der Waals surface area contributed by atoms with Gasteiger partial charge in [0.05, 0.1) is 21.6 Å². The van der Waals surface area contributed by atoms with Crippen LogP contribution in [0.1, 0.15) is 12.8 Å². The molecule has 0 aliphatic carbocycles. The van der Waals surface area contributed by atoms with Gasteiger partial charge in [0.1, 0.15) is 29.5 Å². The van der Waals surface area contributed by atoms with E-state index >= 15 is 4.39 Å². The van der Waals surface area contributed by atoms with Crippen molar-refractivity contribution < 1.29 is 18.3 Å². The van der Waals surface area contributed by atoms with E-state index in [0.717, 1.165) is 30.7 Å². The Morgan fingerprint density at radius 2 is 2.10 bits per heavy atom. The number of aromatic nitrogens is 4. The average molecular weight is 553 g/mol. The van der Waals surface area contributed by atoms with E-state index in [9.17, 15) is 9.18 Å². The highest BCUT2D eigenvalue weighted by Gasteiger charge is 2.31. The number of likely N-dealkylation sites (N-methyl/N-ethyl adjacent to an activating group) is 1. The van der Waals surface area contributed by atoms with Gasteiger partial charge in [-0.2, -0.15) is 9.97 Å². The molecule has 2 saturated heterocycles. The summed E-state index contributed by atoms with van der Waals surface area (Å²) in [5.74, 6) is -1.01. The van der Waals surface area contributed by atoms with Crippen LogP contribution in [0.2, 0.25) is 0 Å². The molecule has 10 nitrogen and oxygen atoms in total. The van der Waals surface area contributed by atoms with Crippen LogP contribution in [0.5, 0.6) is 6.01 Å². The Morgan fingerprint density at radius 3 is 2.85 bits per heavy atom. The topological polar surface area (TPSA) is 122 Å². The number of amides is 1. The second kappa shape index (κ2) is 9.97. The molecule has 0 radical (unpaired) electrons. The first-order valence-corrected chi connectivity index (χ1v) is 13.4. The molecule has 2 aliphatic heterocycles. The molecule has 0 saturated carbocycles. The molecular weight excluding hydrogens is 526 g/mol. The molecule has 3 aromatic heterocycles. The van der Waals surface area contributed by atoms with Gasteiger partial charge in [0.2, 0.25) is 5.91 Å². The molecule has 1 aromatic carbocycles. The third kappa shape index (κ3) is 4.61. The number of nitrogens with two attached hydrogens (primary N) is 1. The number of benzene rings is 1. The van der Waals surface area contributed by atoms with Crippen molar-refractivity contribution in [2.45, 2.75) is 24.9 Å². The Labute approximate surface area is 226 Å². The third-order valence-corrected chi connectivity index (χ3v) is 8.11. The fourth-order valence-corrected chi connectivity index (χ4v) is 5.78. The lowest BCUT2D eigenvalue weighted by Crippen LogP contribution is -2.56. The first kappa shape index (κ1) is 25.3. The Hall–Kier alpha value is -3.97. The molecule has 0 bridgehead atoms. The molecule has 0 spiro atoms. The van der Waals surface area contributed by atoms with E-state index in [1.54, 1.807) is 4.90 Å². The highest BCUT2D eigenvalue weighted by molar-refractivity contribution is 7.22. The van der Waals surface area contributed by atoms with Crippen molar-refractivity contribution in [3.8, 4) is 17.3 Å². The summed E-state index contributed by atoms with van der Waals surface area (Å²) in [5, 5.41) is 3.80. The number of pyridine rings is 1. The number of thiazole rings is 1. The molecule has 1 atom stereocenters. The SMILES string of the molecule is C=CC(=O)N1CC(Nc2nc(OC[C@@H]3CCCN3C)nc3c(F)c(-c4ccc(F)c5sc(N)nc45)ncc23)C1. The van der Waals surface area contributed by atoms with Gasteiger partial charge in [0.25, 0.3) is 0 Å². The maximum atomic E-state index is 16.1. The summed E-state index contributed by atoms with van der Waals surface area (Å²) in [7, 11) is 2.04. The molecule has 13 heteroatoms. The summed E-state index contributed by atoms with van der Waals surface area (Å²) >= 11 is 0.988. The first-order valence-electron chi connectivity index (χ1n) is 12.5. The molecule has 6 rings (SSSR count). The van der Waals surface area contributed by atoms with Crippen LogP contribution in [0, 0.1) is 11.6 Å². The maximum Gasteiger partial charge on any atom is 0.319 e. The van der Waals surface area contributed by atoms with E-state index < -0.39 is 11.6 Å². The Balaban J connectivity index is 1.40. The van der Waals surface area contributed by atoms with E-state index in [2.05, 4.69) is 36.7 Å². The fraction of sp³-hybridized carbons (Fsp3) is 0.346. The summed E-state index contributed by atoms with van der Waals surface area (Å²) < 4.78 is 36.7. The third-order valence-electron chi connectivity index (χ3n) is 7.22. The number of fused-ring (bicyclic) bond motifs is 2. The van der Waals surface area contributed by atoms with E-state index in [4.69, 9.17) is 10.5 Å². The summed E-state index contributed by atoms with van der Waals surface area (Å²) in [6, 6.07) is 2.82. The molecule has 1 amide bonds. The summed E-state index contributed by atoms with van der Waals surface area (Å²) in [6.07, 6.45) is 4.81. The van der Waals surface area contributed by atoms with Gasteiger partial charge in [-0.15, -0.1) is 0 Å². The van der Waals surface area contributed by atoms with Crippen LogP contribution >= 0.6 is 11.3 Å². The zero-order valence-corrected chi connectivity index (χ0v) is 22.0. The Kier molecular flexibility index (Phi) is 6.47. The van der Waals surface area contributed by atoms with Gasteiger partial charge in [0.15, 0.2) is 10.9 Å². The van der Waals surface area contributed by atoms with E-state index in [1.807, 2.05) is 7.05 Å². The van der Waals surface area contributed by atoms with Gasteiger partial charge >= 0.3 is 6.01 Å². The van der Waals surface area contributed by atoms with E-state index in [1.165, 1.54) is 24.4 Å². The minimum Gasteiger partial charge on any atom is -0.462 e. The standard InChI is InChI=1S/C26H26F2N8O2S/c1-3-18(37)36-10-13(11-36)31-24-16-9-30-20(15-6-7-17(27)23-22(15)32-25(29)39-23)19(28)21(16)33-26(34-24)38-12-14-5-4-8-35(14)2/h3,6-7,9,13-14H,1,4-5,8,10-12H2,2H3,(H2,29,32)(H,31,33,34)/t14-/m0/s1. The van der Waals surface area contributed by atoms with Gasteiger partial charge in [-0.25, -0.2) is 13.8 Å². The molecule has 202 valence electrons. The van der Waals surface area contributed by atoms with Crippen LogP contribution in [0.4, 0.5) is 19.7 Å². The molecule has 2 fully saturated rings. The van der Waals surface area contributed by atoms with Crippen molar-refractivity contribution >= 4 is 49.3 Å². The normalized spacial score (nSPS) is 18.0.